The molecule has 0 bridgehead atoms. The van der Waals surface area contributed by atoms with Gasteiger partial charge >= 0.3 is 0 Å². The number of hydrogen-bond donors (Lipinski definition) is 1. The lowest BCUT2D eigenvalue weighted by Crippen LogP contribution is -2.12. The second kappa shape index (κ2) is 6.44. The molecule has 0 fully saturated rings. The van der Waals surface area contributed by atoms with Crippen LogP contribution in [0, 0.1) is 6.92 Å². The van der Waals surface area contributed by atoms with Gasteiger partial charge in [-0.2, -0.15) is 0 Å². The van der Waals surface area contributed by atoms with Gasteiger partial charge in [0.1, 0.15) is 5.75 Å². The van der Waals surface area contributed by atoms with E-state index >= 15 is 0 Å². The van der Waals surface area contributed by atoms with E-state index in [4.69, 9.17) is 4.74 Å². The van der Waals surface area contributed by atoms with Crippen LogP contribution in [0.5, 0.6) is 5.75 Å². The molecule has 0 atom stereocenters. The van der Waals surface area contributed by atoms with Gasteiger partial charge in [0, 0.05) is 19.3 Å². The maximum atomic E-state index is 5.43. The predicted molar refractivity (Wildman–Crippen MR) is 85.0 cm³/mol. The number of rotatable bonds is 5. The van der Waals surface area contributed by atoms with Gasteiger partial charge < -0.3 is 15.0 Å². The van der Waals surface area contributed by atoms with Gasteiger partial charge in [-0.25, -0.2) is 0 Å². The number of hydrogen-bond acceptors (Lipinski definition) is 3. The molecule has 0 spiro atoms. The summed E-state index contributed by atoms with van der Waals surface area (Å²) >= 11 is 0. The van der Waals surface area contributed by atoms with Crippen LogP contribution in [-0.4, -0.2) is 21.2 Å². The summed E-state index contributed by atoms with van der Waals surface area (Å²) in [5, 5.41) is 3.19. The van der Waals surface area contributed by atoms with E-state index in [1.165, 1.54) is 11.1 Å². The lowest BCUT2D eigenvalue weighted by Gasteiger charge is -2.23. The van der Waals surface area contributed by atoms with Crippen LogP contribution in [0.2, 0.25) is 0 Å². The molecule has 0 aliphatic heterocycles. The van der Waals surface area contributed by atoms with Crippen molar-refractivity contribution in [2.75, 3.05) is 26.1 Å². The third-order valence-corrected chi connectivity index (χ3v) is 3.53. The molecule has 20 heavy (non-hydrogen) atoms. The molecule has 2 aromatic rings. The number of nitrogens with one attached hydrogen (secondary N) is 1. The molecule has 0 aromatic heterocycles. The average molecular weight is 270 g/mol. The third kappa shape index (κ3) is 2.94. The summed E-state index contributed by atoms with van der Waals surface area (Å²) in [4.78, 5) is 2.15. The monoisotopic (exact) mass is 270 g/mol. The highest BCUT2D eigenvalue weighted by Crippen LogP contribution is 2.32. The molecule has 0 aliphatic rings. The quantitative estimate of drug-likeness (QED) is 0.900. The fourth-order valence-corrected chi connectivity index (χ4v) is 2.32. The summed E-state index contributed by atoms with van der Waals surface area (Å²) in [6.45, 7) is 3.04. The van der Waals surface area contributed by atoms with Crippen LogP contribution in [0.15, 0.2) is 42.5 Å². The van der Waals surface area contributed by atoms with E-state index in [1.54, 1.807) is 7.11 Å². The number of methoxy groups -OCH3 is 1. The molecule has 0 aliphatic carbocycles. The van der Waals surface area contributed by atoms with E-state index in [-0.39, 0.29) is 0 Å². The zero-order chi connectivity index (χ0) is 14.5. The topological polar surface area (TPSA) is 24.5 Å². The molecule has 3 nitrogen and oxygen atoms in total. The van der Waals surface area contributed by atoms with Gasteiger partial charge in [0.05, 0.1) is 12.8 Å². The SMILES string of the molecule is CNCc1ccc(N(C)c2ccccc2OC)cc1C. The summed E-state index contributed by atoms with van der Waals surface area (Å²) in [6.07, 6.45) is 0. The Kier molecular flexibility index (Phi) is 4.64. The Morgan fingerprint density at radius 2 is 1.90 bits per heavy atom. The minimum atomic E-state index is 0.881. The summed E-state index contributed by atoms with van der Waals surface area (Å²) in [5.74, 6) is 0.881. The number of benzene rings is 2. The predicted octanol–water partition coefficient (Wildman–Crippen LogP) is 3.49. The van der Waals surface area contributed by atoms with Crippen molar-refractivity contribution >= 4 is 11.4 Å². The van der Waals surface area contributed by atoms with Crippen LogP contribution in [0.1, 0.15) is 11.1 Å². The van der Waals surface area contributed by atoms with E-state index in [2.05, 4.69) is 48.5 Å². The van der Waals surface area contributed by atoms with Crippen LogP contribution in [0.4, 0.5) is 11.4 Å². The van der Waals surface area contributed by atoms with E-state index in [0.717, 1.165) is 23.7 Å². The fourth-order valence-electron chi connectivity index (χ4n) is 2.32. The lowest BCUT2D eigenvalue weighted by molar-refractivity contribution is 0.415. The molecule has 1 N–H and O–H groups in total. The third-order valence-electron chi connectivity index (χ3n) is 3.53. The lowest BCUT2D eigenvalue weighted by atomic mass is 10.1. The Balaban J connectivity index is 2.33. The second-order valence-electron chi connectivity index (χ2n) is 4.87. The van der Waals surface area contributed by atoms with Gasteiger partial charge in [-0.3, -0.25) is 0 Å². The maximum Gasteiger partial charge on any atom is 0.142 e. The summed E-state index contributed by atoms with van der Waals surface area (Å²) < 4.78 is 5.43. The van der Waals surface area contributed by atoms with Crippen LogP contribution in [0.25, 0.3) is 0 Å². The molecule has 0 heterocycles. The molecule has 2 rings (SSSR count). The molecule has 3 heteroatoms. The maximum absolute atomic E-state index is 5.43. The van der Waals surface area contributed by atoms with Gasteiger partial charge in [0.25, 0.3) is 0 Å². The molecule has 0 saturated carbocycles. The first-order valence-corrected chi connectivity index (χ1v) is 6.78. The first-order valence-electron chi connectivity index (χ1n) is 6.78. The molecule has 0 saturated heterocycles. The van der Waals surface area contributed by atoms with Gasteiger partial charge in [-0.05, 0) is 49.4 Å². The highest BCUT2D eigenvalue weighted by atomic mass is 16.5. The van der Waals surface area contributed by atoms with Crippen molar-refractivity contribution in [1.29, 1.82) is 0 Å². The van der Waals surface area contributed by atoms with E-state index in [9.17, 15) is 0 Å². The van der Waals surface area contributed by atoms with E-state index < -0.39 is 0 Å². The van der Waals surface area contributed by atoms with Crippen molar-refractivity contribution in [2.24, 2.45) is 0 Å². The Morgan fingerprint density at radius 3 is 2.55 bits per heavy atom. The van der Waals surface area contributed by atoms with Crippen LogP contribution >= 0.6 is 0 Å². The Bertz CT molecular complexity index is 581. The van der Waals surface area contributed by atoms with Crippen molar-refractivity contribution in [1.82, 2.24) is 5.32 Å². The Hall–Kier alpha value is -2.00. The Labute approximate surface area is 121 Å². The molecule has 0 radical (unpaired) electrons. The second-order valence-corrected chi connectivity index (χ2v) is 4.87. The standard InChI is InChI=1S/C17H22N2O/c1-13-11-15(10-9-14(13)12-18-2)19(3)16-7-5-6-8-17(16)20-4/h5-11,18H,12H2,1-4H3. The first-order chi connectivity index (χ1) is 9.67. The number of ether oxygens (including phenoxy) is 1. The minimum absolute atomic E-state index is 0.881. The first kappa shape index (κ1) is 14.4. The van der Waals surface area contributed by atoms with Crippen LogP contribution in [0.3, 0.4) is 0 Å². The molecule has 0 amide bonds. The zero-order valence-corrected chi connectivity index (χ0v) is 12.6. The number of anilines is 2. The van der Waals surface area contributed by atoms with Crippen LogP contribution in [-0.2, 0) is 6.54 Å². The summed E-state index contributed by atoms with van der Waals surface area (Å²) in [6, 6.07) is 14.6. The smallest absolute Gasteiger partial charge is 0.142 e. The molecular weight excluding hydrogens is 248 g/mol. The normalized spacial score (nSPS) is 10.4. The van der Waals surface area contributed by atoms with E-state index in [0.29, 0.717) is 0 Å². The van der Waals surface area contributed by atoms with Gasteiger partial charge in [0.15, 0.2) is 0 Å². The van der Waals surface area contributed by atoms with Crippen molar-refractivity contribution in [2.45, 2.75) is 13.5 Å². The summed E-state index contributed by atoms with van der Waals surface area (Å²) in [7, 11) is 5.73. The van der Waals surface area contributed by atoms with E-state index in [1.807, 2.05) is 25.2 Å². The van der Waals surface area contributed by atoms with Gasteiger partial charge in [-0.15, -0.1) is 0 Å². The van der Waals surface area contributed by atoms with Gasteiger partial charge in [-0.1, -0.05) is 18.2 Å². The number of nitrogens with zero attached hydrogens (tertiary/aromatic N) is 1. The molecule has 2 aromatic carbocycles. The number of para-hydroxylation sites is 2. The van der Waals surface area contributed by atoms with Crippen molar-refractivity contribution in [3.05, 3.63) is 53.6 Å². The highest BCUT2D eigenvalue weighted by molar-refractivity contribution is 5.69. The average Bonchev–Trinajstić information content (AvgIpc) is 2.48. The number of aryl methyl sites for hydroxylation is 1. The molecule has 106 valence electrons. The Morgan fingerprint density at radius 1 is 1.15 bits per heavy atom. The molecule has 0 unspecified atom stereocenters. The van der Waals surface area contributed by atoms with Crippen LogP contribution < -0.4 is 15.0 Å². The van der Waals surface area contributed by atoms with Crippen molar-refractivity contribution in [3.8, 4) is 5.75 Å². The highest BCUT2D eigenvalue weighted by Gasteiger charge is 2.10. The largest absolute Gasteiger partial charge is 0.495 e. The fraction of sp³-hybridized carbons (Fsp3) is 0.294. The van der Waals surface area contributed by atoms with Crippen molar-refractivity contribution < 1.29 is 4.74 Å². The van der Waals surface area contributed by atoms with Crippen molar-refractivity contribution in [3.63, 3.8) is 0 Å². The zero-order valence-electron chi connectivity index (χ0n) is 12.6. The summed E-state index contributed by atoms with van der Waals surface area (Å²) in [5.41, 5.74) is 4.84. The minimum Gasteiger partial charge on any atom is -0.495 e. The molecular formula is C17H22N2O. The van der Waals surface area contributed by atoms with Gasteiger partial charge in [0.2, 0.25) is 0 Å².